The number of nitrogens with one attached hydrogen (secondary N) is 2. The van der Waals surface area contributed by atoms with Gasteiger partial charge < -0.3 is 15.4 Å². The molecule has 2 N–H and O–H groups in total. The second-order valence-corrected chi connectivity index (χ2v) is 6.32. The lowest BCUT2D eigenvalue weighted by Crippen LogP contribution is -2.31. The Hall–Kier alpha value is -3.44. The highest BCUT2D eigenvalue weighted by molar-refractivity contribution is 6.30. The summed E-state index contributed by atoms with van der Waals surface area (Å²) in [6.45, 7) is 3.84. The quantitative estimate of drug-likeness (QED) is 0.611. The summed E-state index contributed by atoms with van der Waals surface area (Å²) in [4.78, 5) is 27.7. The molecule has 1 aromatic heterocycles. The molecule has 0 fully saturated rings. The van der Waals surface area contributed by atoms with Gasteiger partial charge in [0.15, 0.2) is 6.61 Å². The van der Waals surface area contributed by atoms with E-state index in [9.17, 15) is 14.0 Å². The van der Waals surface area contributed by atoms with E-state index in [-0.39, 0.29) is 42.8 Å². The summed E-state index contributed by atoms with van der Waals surface area (Å²) in [6, 6.07) is 9.05. The molecule has 0 aliphatic heterocycles. The van der Waals surface area contributed by atoms with Gasteiger partial charge in [-0.05, 0) is 30.2 Å². The molecule has 0 radical (unpaired) electrons. The number of halogens is 2. The van der Waals surface area contributed by atoms with Gasteiger partial charge >= 0.3 is 0 Å². The third-order valence-electron chi connectivity index (χ3n) is 3.72. The zero-order chi connectivity index (χ0) is 21.2. The second-order valence-electron chi connectivity index (χ2n) is 5.91. The highest BCUT2D eigenvalue weighted by Gasteiger charge is 2.09. The van der Waals surface area contributed by atoms with Crippen molar-refractivity contribution in [1.82, 2.24) is 15.6 Å². The zero-order valence-electron chi connectivity index (χ0n) is 15.4. The number of benzene rings is 1. The van der Waals surface area contributed by atoms with Gasteiger partial charge in [0.05, 0.1) is 5.02 Å². The van der Waals surface area contributed by atoms with Crippen LogP contribution < -0.4 is 15.4 Å². The molecule has 0 saturated heterocycles. The average molecular weight is 417 g/mol. The van der Waals surface area contributed by atoms with Crippen molar-refractivity contribution < 1.29 is 18.7 Å². The van der Waals surface area contributed by atoms with Crippen molar-refractivity contribution in [3.8, 4) is 11.8 Å². The van der Waals surface area contributed by atoms with Gasteiger partial charge in [0, 0.05) is 30.9 Å². The summed E-state index contributed by atoms with van der Waals surface area (Å²) in [7, 11) is 0. The minimum Gasteiger partial charge on any atom is -0.484 e. The number of hydrogen-bond donors (Lipinski definition) is 2. The normalized spacial score (nSPS) is 9.97. The van der Waals surface area contributed by atoms with E-state index in [1.54, 1.807) is 12.1 Å². The Morgan fingerprint density at radius 1 is 1.28 bits per heavy atom. The first kappa shape index (κ1) is 21.9. The molecule has 0 saturated carbocycles. The smallest absolute Gasteiger partial charge is 0.257 e. The van der Waals surface area contributed by atoms with E-state index in [1.807, 2.05) is 6.07 Å². The minimum absolute atomic E-state index is 0.0333. The minimum atomic E-state index is -0.635. The number of carbonyl (C=O) groups excluding carboxylic acids is 2. The molecule has 1 aromatic carbocycles. The van der Waals surface area contributed by atoms with Crippen LogP contribution in [0, 0.1) is 17.1 Å². The first-order chi connectivity index (χ1) is 13.9. The molecule has 7 nitrogen and oxygen atoms in total. The summed E-state index contributed by atoms with van der Waals surface area (Å²) in [5.74, 6) is -1.22. The van der Waals surface area contributed by atoms with Gasteiger partial charge in [0.1, 0.15) is 23.3 Å². The van der Waals surface area contributed by atoms with Gasteiger partial charge in [-0.2, -0.15) is 5.26 Å². The van der Waals surface area contributed by atoms with E-state index in [1.165, 1.54) is 18.3 Å². The highest BCUT2D eigenvalue weighted by atomic mass is 35.5. The van der Waals surface area contributed by atoms with Crippen LogP contribution in [-0.2, 0) is 16.1 Å². The van der Waals surface area contributed by atoms with Crippen LogP contribution in [0.1, 0.15) is 17.7 Å². The van der Waals surface area contributed by atoms with Crippen molar-refractivity contribution in [1.29, 1.82) is 5.26 Å². The van der Waals surface area contributed by atoms with Crippen LogP contribution in [0.2, 0.25) is 5.02 Å². The Kier molecular flexibility index (Phi) is 8.12. The van der Waals surface area contributed by atoms with Crippen molar-refractivity contribution in [2.45, 2.75) is 13.0 Å². The summed E-state index contributed by atoms with van der Waals surface area (Å²) in [5.41, 5.74) is 1.34. The molecule has 9 heteroatoms. The molecular weight excluding hydrogens is 399 g/mol. The molecule has 2 amide bonds. The van der Waals surface area contributed by atoms with E-state index in [0.29, 0.717) is 11.3 Å². The van der Waals surface area contributed by atoms with Crippen LogP contribution in [0.15, 0.2) is 48.7 Å². The van der Waals surface area contributed by atoms with E-state index >= 15 is 0 Å². The number of hydrogen-bond acceptors (Lipinski definition) is 5. The van der Waals surface area contributed by atoms with E-state index < -0.39 is 11.7 Å². The molecular formula is C20H18ClFN4O3. The van der Waals surface area contributed by atoms with Gasteiger partial charge in [-0.1, -0.05) is 24.2 Å². The molecule has 1 heterocycles. The monoisotopic (exact) mass is 416 g/mol. The Morgan fingerprint density at radius 3 is 2.72 bits per heavy atom. The lowest BCUT2D eigenvalue weighted by Gasteiger charge is -2.10. The molecule has 2 rings (SSSR count). The summed E-state index contributed by atoms with van der Waals surface area (Å²) >= 11 is 5.57. The fourth-order valence-electron chi connectivity index (χ4n) is 2.14. The molecule has 0 spiro atoms. The van der Waals surface area contributed by atoms with Crippen LogP contribution in [0.5, 0.6) is 5.75 Å². The van der Waals surface area contributed by atoms with Crippen molar-refractivity contribution >= 4 is 23.4 Å². The molecule has 0 bridgehead atoms. The fraction of sp³-hybridized carbons (Fsp3) is 0.200. The average Bonchev–Trinajstić information content (AvgIpc) is 2.73. The highest BCUT2D eigenvalue weighted by Crippen LogP contribution is 2.20. The van der Waals surface area contributed by atoms with Gasteiger partial charge in [-0.3, -0.25) is 9.59 Å². The first-order valence-electron chi connectivity index (χ1n) is 8.54. The molecule has 150 valence electrons. The Morgan fingerprint density at radius 2 is 2.07 bits per heavy atom. The number of pyridine rings is 1. The van der Waals surface area contributed by atoms with E-state index in [0.717, 1.165) is 11.6 Å². The van der Waals surface area contributed by atoms with Crippen molar-refractivity contribution in [2.75, 3.05) is 13.2 Å². The maximum absolute atomic E-state index is 13.3. The number of nitrogens with zero attached hydrogens (tertiary/aromatic N) is 2. The van der Waals surface area contributed by atoms with Crippen LogP contribution >= 0.6 is 11.6 Å². The predicted molar refractivity (Wildman–Crippen MR) is 104 cm³/mol. The topological polar surface area (TPSA) is 104 Å². The second kappa shape index (κ2) is 10.8. The van der Waals surface area contributed by atoms with Crippen LogP contribution in [-0.4, -0.2) is 29.9 Å². The van der Waals surface area contributed by atoms with Gasteiger partial charge in [-0.15, -0.1) is 0 Å². The van der Waals surface area contributed by atoms with Crippen LogP contribution in [0.3, 0.4) is 0 Å². The third kappa shape index (κ3) is 7.24. The van der Waals surface area contributed by atoms with Crippen molar-refractivity contribution in [3.05, 3.63) is 70.8 Å². The first-order valence-corrected chi connectivity index (χ1v) is 8.92. The Balaban J connectivity index is 1.65. The van der Waals surface area contributed by atoms with Crippen LogP contribution in [0.25, 0.3) is 0 Å². The van der Waals surface area contributed by atoms with Crippen LogP contribution in [0.4, 0.5) is 4.39 Å². The molecule has 0 aliphatic rings. The third-order valence-corrected chi connectivity index (χ3v) is 4.03. The zero-order valence-corrected chi connectivity index (χ0v) is 16.1. The predicted octanol–water partition coefficient (Wildman–Crippen LogP) is 2.50. The Labute approximate surface area is 172 Å². The van der Waals surface area contributed by atoms with Gasteiger partial charge in [-0.25, -0.2) is 9.37 Å². The summed E-state index contributed by atoms with van der Waals surface area (Å²) in [6.07, 6.45) is 1.76. The fourth-order valence-corrected chi connectivity index (χ4v) is 2.25. The number of aromatic nitrogens is 1. The molecule has 29 heavy (non-hydrogen) atoms. The summed E-state index contributed by atoms with van der Waals surface area (Å²) in [5, 5.41) is 13.9. The Bertz CT molecular complexity index is 942. The van der Waals surface area contributed by atoms with Gasteiger partial charge in [0.2, 0.25) is 5.91 Å². The van der Waals surface area contributed by atoms with Gasteiger partial charge in [0.25, 0.3) is 5.91 Å². The number of rotatable bonds is 9. The standard InChI is InChI=1S/C20H18ClFN4O3/c1-13(20(28)26-11-14-2-3-15(9-23)25-10-14)6-7-24-19(27)12-29-16-4-5-17(21)18(22)8-16/h2-5,8,10H,1,6-7,11-12H2,(H,24,27)(H,26,28). The molecule has 0 aliphatic carbocycles. The molecule has 0 atom stereocenters. The SMILES string of the molecule is C=C(CCNC(=O)COc1ccc(Cl)c(F)c1)C(=O)NCc1ccc(C#N)nc1. The lowest BCUT2D eigenvalue weighted by atomic mass is 10.2. The van der Waals surface area contributed by atoms with E-state index in [4.69, 9.17) is 21.6 Å². The number of nitriles is 1. The van der Waals surface area contributed by atoms with Crippen molar-refractivity contribution in [2.24, 2.45) is 0 Å². The molecule has 2 aromatic rings. The van der Waals surface area contributed by atoms with Crippen molar-refractivity contribution in [3.63, 3.8) is 0 Å². The number of ether oxygens (including phenoxy) is 1. The molecule has 0 unspecified atom stereocenters. The number of carbonyl (C=O) groups is 2. The number of amides is 2. The largest absolute Gasteiger partial charge is 0.484 e. The summed E-state index contributed by atoms with van der Waals surface area (Å²) < 4.78 is 18.5. The maximum atomic E-state index is 13.3. The van der Waals surface area contributed by atoms with E-state index in [2.05, 4.69) is 22.2 Å². The lowest BCUT2D eigenvalue weighted by molar-refractivity contribution is -0.123. The maximum Gasteiger partial charge on any atom is 0.257 e.